The van der Waals surface area contributed by atoms with Crippen LogP contribution in [0, 0.1) is 0 Å². The standard InChI is InChI=1S/C26H32N2O6/c1-3-21(27-23(29)4-2)25(31)28-22(26(32)34-18-20-13-9-6-10-14-20)15-16-24(30)33-17-19-11-7-5-8-12-19/h5-14,21-22H,3-4,15-18H2,1-2H3,(H,27,29)(H,28,31)/t21-,22+/m0/s1. The van der Waals surface area contributed by atoms with Crippen LogP contribution in [-0.2, 0) is 41.9 Å². The number of esters is 2. The molecule has 0 radical (unpaired) electrons. The number of rotatable bonds is 13. The Hall–Kier alpha value is -3.68. The number of nitrogens with one attached hydrogen (secondary N) is 2. The molecule has 8 nitrogen and oxygen atoms in total. The second kappa shape index (κ2) is 14.5. The van der Waals surface area contributed by atoms with Gasteiger partial charge in [0.05, 0.1) is 0 Å². The smallest absolute Gasteiger partial charge is 0.328 e. The lowest BCUT2D eigenvalue weighted by Crippen LogP contribution is -2.51. The molecule has 0 aliphatic heterocycles. The maximum Gasteiger partial charge on any atom is 0.328 e. The van der Waals surface area contributed by atoms with E-state index in [-0.39, 0.29) is 38.4 Å². The number of carbonyl (C=O) groups is 4. The zero-order valence-corrected chi connectivity index (χ0v) is 19.6. The first kappa shape index (κ1) is 26.6. The highest BCUT2D eigenvalue weighted by molar-refractivity contribution is 5.90. The van der Waals surface area contributed by atoms with Crippen LogP contribution < -0.4 is 10.6 Å². The maximum atomic E-state index is 12.8. The third-order valence-electron chi connectivity index (χ3n) is 5.09. The summed E-state index contributed by atoms with van der Waals surface area (Å²) in [5.41, 5.74) is 1.64. The summed E-state index contributed by atoms with van der Waals surface area (Å²) in [5.74, 6) is -1.94. The first-order valence-corrected chi connectivity index (χ1v) is 11.4. The molecular weight excluding hydrogens is 436 g/mol. The van der Waals surface area contributed by atoms with Crippen LogP contribution >= 0.6 is 0 Å². The molecule has 0 bridgehead atoms. The van der Waals surface area contributed by atoms with Crippen molar-refractivity contribution in [3.8, 4) is 0 Å². The van der Waals surface area contributed by atoms with Crippen LogP contribution in [0.25, 0.3) is 0 Å². The van der Waals surface area contributed by atoms with Crippen molar-refractivity contribution in [2.24, 2.45) is 0 Å². The molecule has 0 aliphatic rings. The second-order valence-electron chi connectivity index (χ2n) is 7.72. The van der Waals surface area contributed by atoms with Crippen LogP contribution in [0.5, 0.6) is 0 Å². The Labute approximate surface area is 200 Å². The van der Waals surface area contributed by atoms with E-state index in [2.05, 4.69) is 10.6 Å². The molecule has 0 aromatic heterocycles. The van der Waals surface area contributed by atoms with Gasteiger partial charge in [-0.05, 0) is 24.0 Å². The van der Waals surface area contributed by atoms with Gasteiger partial charge in [0.1, 0.15) is 25.3 Å². The lowest BCUT2D eigenvalue weighted by Gasteiger charge is -2.22. The third kappa shape index (κ3) is 9.44. The maximum absolute atomic E-state index is 12.8. The van der Waals surface area contributed by atoms with E-state index in [0.717, 1.165) is 11.1 Å². The van der Waals surface area contributed by atoms with Crippen molar-refractivity contribution < 1.29 is 28.7 Å². The van der Waals surface area contributed by atoms with Crippen LogP contribution in [0.3, 0.4) is 0 Å². The van der Waals surface area contributed by atoms with Gasteiger partial charge < -0.3 is 20.1 Å². The van der Waals surface area contributed by atoms with Crippen molar-refractivity contribution in [2.45, 2.75) is 64.8 Å². The van der Waals surface area contributed by atoms with Gasteiger partial charge >= 0.3 is 11.9 Å². The van der Waals surface area contributed by atoms with Gasteiger partial charge in [-0.1, -0.05) is 74.5 Å². The van der Waals surface area contributed by atoms with Crippen molar-refractivity contribution in [3.05, 3.63) is 71.8 Å². The molecule has 2 aromatic carbocycles. The Kier molecular flexibility index (Phi) is 11.3. The van der Waals surface area contributed by atoms with E-state index in [1.807, 2.05) is 60.7 Å². The molecule has 0 saturated carbocycles. The number of amides is 2. The zero-order valence-electron chi connectivity index (χ0n) is 19.6. The largest absolute Gasteiger partial charge is 0.461 e. The molecule has 2 N–H and O–H groups in total. The molecule has 2 atom stereocenters. The van der Waals surface area contributed by atoms with Crippen molar-refractivity contribution in [3.63, 3.8) is 0 Å². The lowest BCUT2D eigenvalue weighted by atomic mass is 10.1. The topological polar surface area (TPSA) is 111 Å². The minimum absolute atomic E-state index is 0.00510. The van der Waals surface area contributed by atoms with Crippen LogP contribution in [-0.4, -0.2) is 35.8 Å². The summed E-state index contributed by atoms with van der Waals surface area (Å²) in [6.45, 7) is 3.60. The fraction of sp³-hybridized carbons (Fsp3) is 0.385. The van der Waals surface area contributed by atoms with Crippen LogP contribution in [0.1, 0.15) is 50.7 Å². The Balaban J connectivity index is 1.98. The van der Waals surface area contributed by atoms with E-state index in [9.17, 15) is 19.2 Å². The number of carbonyl (C=O) groups excluding carboxylic acids is 4. The first-order chi connectivity index (χ1) is 16.4. The van der Waals surface area contributed by atoms with Crippen molar-refractivity contribution in [1.29, 1.82) is 0 Å². The quantitative estimate of drug-likeness (QED) is 0.437. The fourth-order valence-electron chi connectivity index (χ4n) is 3.07. The molecule has 0 heterocycles. The van der Waals surface area contributed by atoms with E-state index in [1.165, 1.54) is 0 Å². The molecule has 8 heteroatoms. The van der Waals surface area contributed by atoms with E-state index in [0.29, 0.717) is 6.42 Å². The van der Waals surface area contributed by atoms with E-state index in [4.69, 9.17) is 9.47 Å². The van der Waals surface area contributed by atoms with Gasteiger partial charge in [0, 0.05) is 12.8 Å². The second-order valence-corrected chi connectivity index (χ2v) is 7.72. The van der Waals surface area contributed by atoms with Crippen LogP contribution in [0.4, 0.5) is 0 Å². The van der Waals surface area contributed by atoms with E-state index < -0.39 is 29.9 Å². The van der Waals surface area contributed by atoms with Crippen LogP contribution in [0.2, 0.25) is 0 Å². The molecule has 0 spiro atoms. The number of hydrogen-bond donors (Lipinski definition) is 2. The summed E-state index contributed by atoms with van der Waals surface area (Å²) in [5, 5.41) is 5.25. The first-order valence-electron chi connectivity index (χ1n) is 11.4. The summed E-state index contributed by atoms with van der Waals surface area (Å²) >= 11 is 0. The predicted molar refractivity (Wildman–Crippen MR) is 126 cm³/mol. The Bertz CT molecular complexity index is 933. The molecular formula is C26H32N2O6. The fourth-order valence-corrected chi connectivity index (χ4v) is 3.07. The Morgan fingerprint density at radius 1 is 0.765 bits per heavy atom. The van der Waals surface area contributed by atoms with Gasteiger partial charge in [0.25, 0.3) is 0 Å². The minimum Gasteiger partial charge on any atom is -0.461 e. The van der Waals surface area contributed by atoms with E-state index >= 15 is 0 Å². The van der Waals surface area contributed by atoms with E-state index in [1.54, 1.807) is 13.8 Å². The Morgan fingerprint density at radius 2 is 1.32 bits per heavy atom. The molecule has 2 amide bonds. The van der Waals surface area contributed by atoms with Crippen molar-refractivity contribution >= 4 is 23.8 Å². The highest BCUT2D eigenvalue weighted by Gasteiger charge is 2.27. The highest BCUT2D eigenvalue weighted by atomic mass is 16.5. The van der Waals surface area contributed by atoms with Gasteiger partial charge in [0.15, 0.2) is 0 Å². The average molecular weight is 469 g/mol. The SMILES string of the molecule is CCC(=O)N[C@@H](CC)C(=O)N[C@H](CCC(=O)OCc1ccccc1)C(=O)OCc1ccccc1. The third-order valence-corrected chi connectivity index (χ3v) is 5.09. The highest BCUT2D eigenvalue weighted by Crippen LogP contribution is 2.09. The lowest BCUT2D eigenvalue weighted by molar-refractivity contribution is -0.150. The van der Waals surface area contributed by atoms with Gasteiger partial charge in [-0.3, -0.25) is 14.4 Å². The molecule has 34 heavy (non-hydrogen) atoms. The predicted octanol–water partition coefficient (Wildman–Crippen LogP) is 3.04. The molecule has 2 rings (SSSR count). The van der Waals surface area contributed by atoms with Gasteiger partial charge in [-0.25, -0.2) is 4.79 Å². The molecule has 0 unspecified atom stereocenters. The van der Waals surface area contributed by atoms with Gasteiger partial charge in [0.2, 0.25) is 11.8 Å². The normalized spacial score (nSPS) is 12.2. The monoisotopic (exact) mass is 468 g/mol. The summed E-state index contributed by atoms with van der Waals surface area (Å²) < 4.78 is 10.6. The number of ether oxygens (including phenoxy) is 2. The summed E-state index contributed by atoms with van der Waals surface area (Å²) in [4.78, 5) is 49.4. The summed E-state index contributed by atoms with van der Waals surface area (Å²) in [6.07, 6.45) is 0.503. The zero-order chi connectivity index (χ0) is 24.8. The average Bonchev–Trinajstić information content (AvgIpc) is 2.87. The number of hydrogen-bond acceptors (Lipinski definition) is 6. The molecule has 0 saturated heterocycles. The van der Waals surface area contributed by atoms with Gasteiger partial charge in [-0.2, -0.15) is 0 Å². The van der Waals surface area contributed by atoms with Crippen molar-refractivity contribution in [1.82, 2.24) is 10.6 Å². The molecule has 182 valence electrons. The van der Waals surface area contributed by atoms with Gasteiger partial charge in [-0.15, -0.1) is 0 Å². The van der Waals surface area contributed by atoms with Crippen molar-refractivity contribution in [2.75, 3.05) is 0 Å². The van der Waals surface area contributed by atoms with Crippen LogP contribution in [0.15, 0.2) is 60.7 Å². The molecule has 0 fully saturated rings. The number of benzene rings is 2. The minimum atomic E-state index is -1.06. The molecule has 0 aliphatic carbocycles. The summed E-state index contributed by atoms with van der Waals surface area (Å²) in [6, 6.07) is 16.5. The Morgan fingerprint density at radius 3 is 1.85 bits per heavy atom. The summed E-state index contributed by atoms with van der Waals surface area (Å²) in [7, 11) is 0. The molecule has 2 aromatic rings.